The minimum absolute atomic E-state index is 0.169. The molecule has 19 heavy (non-hydrogen) atoms. The Morgan fingerprint density at radius 3 is 2.84 bits per heavy atom. The number of carbonyl (C=O) groups is 1. The van der Waals surface area contributed by atoms with Gasteiger partial charge < -0.3 is 14.8 Å². The number of furan rings is 1. The number of amides is 1. The van der Waals surface area contributed by atoms with Crippen LogP contribution in [-0.2, 0) is 6.42 Å². The Labute approximate surface area is 112 Å². The molecule has 1 heterocycles. The molecule has 0 radical (unpaired) electrons. The molecule has 0 saturated heterocycles. The van der Waals surface area contributed by atoms with E-state index in [0.29, 0.717) is 11.5 Å². The second-order valence-corrected chi connectivity index (χ2v) is 4.39. The molecule has 0 aliphatic carbocycles. The predicted molar refractivity (Wildman–Crippen MR) is 73.2 cm³/mol. The van der Waals surface area contributed by atoms with Gasteiger partial charge in [0.1, 0.15) is 5.76 Å². The lowest BCUT2D eigenvalue weighted by Gasteiger charge is -2.06. The van der Waals surface area contributed by atoms with Crippen molar-refractivity contribution in [3.05, 3.63) is 53.5 Å². The zero-order chi connectivity index (χ0) is 13.7. The largest absolute Gasteiger partial charge is 0.456 e. The molecule has 2 rings (SSSR count). The molecule has 0 saturated carbocycles. The van der Waals surface area contributed by atoms with E-state index < -0.39 is 0 Å². The van der Waals surface area contributed by atoms with E-state index in [2.05, 4.69) is 5.32 Å². The summed E-state index contributed by atoms with van der Waals surface area (Å²) in [6.07, 6.45) is 1.51. The van der Waals surface area contributed by atoms with E-state index in [0.717, 1.165) is 24.1 Å². The Bertz CT molecular complexity index is 560. The highest BCUT2D eigenvalue weighted by Gasteiger charge is 2.10. The average molecular weight is 259 g/mol. The summed E-state index contributed by atoms with van der Waals surface area (Å²) in [6, 6.07) is 11.0. The minimum Gasteiger partial charge on any atom is -0.456 e. The number of aliphatic hydroxyl groups excluding tert-OH is 1. The van der Waals surface area contributed by atoms with Gasteiger partial charge in [-0.3, -0.25) is 4.79 Å². The van der Waals surface area contributed by atoms with Crippen molar-refractivity contribution >= 4 is 11.6 Å². The Morgan fingerprint density at radius 1 is 1.32 bits per heavy atom. The van der Waals surface area contributed by atoms with Gasteiger partial charge in [-0.1, -0.05) is 12.1 Å². The van der Waals surface area contributed by atoms with Crippen molar-refractivity contribution in [2.45, 2.75) is 19.8 Å². The van der Waals surface area contributed by atoms with E-state index in [1.807, 2.05) is 24.3 Å². The lowest BCUT2D eigenvalue weighted by atomic mass is 10.1. The fourth-order valence-electron chi connectivity index (χ4n) is 1.84. The normalized spacial score (nSPS) is 10.4. The molecule has 0 unspecified atom stereocenters. The number of carbonyl (C=O) groups excluding carboxylic acids is 1. The van der Waals surface area contributed by atoms with Crippen molar-refractivity contribution in [2.75, 3.05) is 11.9 Å². The maximum Gasteiger partial charge on any atom is 0.291 e. The van der Waals surface area contributed by atoms with Crippen molar-refractivity contribution < 1.29 is 14.3 Å². The minimum atomic E-state index is -0.257. The smallest absolute Gasteiger partial charge is 0.291 e. The third kappa shape index (κ3) is 3.69. The van der Waals surface area contributed by atoms with Crippen molar-refractivity contribution in [3.8, 4) is 0 Å². The van der Waals surface area contributed by atoms with E-state index >= 15 is 0 Å². The summed E-state index contributed by atoms with van der Waals surface area (Å²) in [5, 5.41) is 11.6. The highest BCUT2D eigenvalue weighted by Crippen LogP contribution is 2.14. The van der Waals surface area contributed by atoms with Gasteiger partial charge in [-0.15, -0.1) is 0 Å². The van der Waals surface area contributed by atoms with E-state index in [1.165, 1.54) is 0 Å². The SMILES string of the molecule is Cc1ccc(C(=O)Nc2cccc(CCCO)c2)o1. The van der Waals surface area contributed by atoms with E-state index in [1.54, 1.807) is 19.1 Å². The molecule has 4 nitrogen and oxygen atoms in total. The van der Waals surface area contributed by atoms with Crippen LogP contribution < -0.4 is 5.32 Å². The van der Waals surface area contributed by atoms with Gasteiger partial charge in [0.25, 0.3) is 5.91 Å². The molecule has 0 fully saturated rings. The molecule has 1 amide bonds. The fraction of sp³-hybridized carbons (Fsp3) is 0.267. The van der Waals surface area contributed by atoms with Crippen LogP contribution in [0.15, 0.2) is 40.8 Å². The van der Waals surface area contributed by atoms with Crippen LogP contribution in [0.3, 0.4) is 0 Å². The van der Waals surface area contributed by atoms with Crippen molar-refractivity contribution in [2.24, 2.45) is 0 Å². The first-order valence-corrected chi connectivity index (χ1v) is 6.26. The van der Waals surface area contributed by atoms with Crippen molar-refractivity contribution in [3.63, 3.8) is 0 Å². The first kappa shape index (κ1) is 13.4. The van der Waals surface area contributed by atoms with Crippen LogP contribution in [0.1, 0.15) is 28.3 Å². The highest BCUT2D eigenvalue weighted by atomic mass is 16.3. The molecule has 2 N–H and O–H groups in total. The molecule has 1 aromatic carbocycles. The number of hydrogen-bond donors (Lipinski definition) is 2. The Morgan fingerprint density at radius 2 is 2.16 bits per heavy atom. The van der Waals surface area contributed by atoms with Gasteiger partial charge in [0.2, 0.25) is 0 Å². The number of anilines is 1. The predicted octanol–water partition coefficient (Wildman–Crippen LogP) is 2.77. The van der Waals surface area contributed by atoms with Crippen LogP contribution in [0, 0.1) is 6.92 Å². The molecular weight excluding hydrogens is 242 g/mol. The summed E-state index contributed by atoms with van der Waals surface area (Å²) in [5.74, 6) is 0.757. The zero-order valence-electron chi connectivity index (χ0n) is 10.8. The Balaban J connectivity index is 2.04. The van der Waals surface area contributed by atoms with Crippen LogP contribution in [0.5, 0.6) is 0 Å². The van der Waals surface area contributed by atoms with Crippen LogP contribution in [0.2, 0.25) is 0 Å². The summed E-state index contributed by atoms with van der Waals surface area (Å²) >= 11 is 0. The van der Waals surface area contributed by atoms with Crippen LogP contribution >= 0.6 is 0 Å². The van der Waals surface area contributed by atoms with Crippen LogP contribution in [0.4, 0.5) is 5.69 Å². The number of rotatable bonds is 5. The standard InChI is InChI=1S/C15H17NO3/c1-11-7-8-14(19-11)15(18)16-13-6-2-4-12(10-13)5-3-9-17/h2,4,6-8,10,17H,3,5,9H2,1H3,(H,16,18). The Kier molecular flexibility index (Phi) is 4.36. The zero-order valence-corrected chi connectivity index (χ0v) is 10.8. The van der Waals surface area contributed by atoms with Gasteiger partial charge in [0, 0.05) is 12.3 Å². The third-order valence-electron chi connectivity index (χ3n) is 2.77. The van der Waals surface area contributed by atoms with E-state index in [4.69, 9.17) is 9.52 Å². The lowest BCUT2D eigenvalue weighted by Crippen LogP contribution is -2.11. The quantitative estimate of drug-likeness (QED) is 0.867. The van der Waals surface area contributed by atoms with Gasteiger partial charge in [0.05, 0.1) is 0 Å². The molecule has 4 heteroatoms. The maximum absolute atomic E-state index is 11.9. The average Bonchev–Trinajstić information content (AvgIpc) is 2.83. The summed E-state index contributed by atoms with van der Waals surface area (Å²) in [6.45, 7) is 1.97. The monoisotopic (exact) mass is 259 g/mol. The fourth-order valence-corrected chi connectivity index (χ4v) is 1.84. The van der Waals surface area contributed by atoms with Gasteiger partial charge in [-0.25, -0.2) is 0 Å². The van der Waals surface area contributed by atoms with Gasteiger partial charge in [-0.2, -0.15) is 0 Å². The maximum atomic E-state index is 11.9. The summed E-state index contributed by atoms with van der Waals surface area (Å²) in [4.78, 5) is 11.9. The number of aliphatic hydroxyl groups is 1. The molecule has 0 bridgehead atoms. The summed E-state index contributed by atoms with van der Waals surface area (Å²) in [5.41, 5.74) is 1.82. The highest BCUT2D eigenvalue weighted by molar-refractivity contribution is 6.02. The van der Waals surface area contributed by atoms with Crippen molar-refractivity contribution in [1.29, 1.82) is 0 Å². The van der Waals surface area contributed by atoms with Crippen molar-refractivity contribution in [1.82, 2.24) is 0 Å². The van der Waals surface area contributed by atoms with Crippen LogP contribution in [-0.4, -0.2) is 17.6 Å². The lowest BCUT2D eigenvalue weighted by molar-refractivity contribution is 0.0995. The summed E-state index contributed by atoms with van der Waals surface area (Å²) in [7, 11) is 0. The first-order valence-electron chi connectivity index (χ1n) is 6.26. The number of benzene rings is 1. The summed E-state index contributed by atoms with van der Waals surface area (Å²) < 4.78 is 5.27. The second-order valence-electron chi connectivity index (χ2n) is 4.39. The number of hydrogen-bond acceptors (Lipinski definition) is 3. The number of aryl methyl sites for hydroxylation is 2. The number of nitrogens with one attached hydrogen (secondary N) is 1. The van der Waals surface area contributed by atoms with E-state index in [9.17, 15) is 4.79 Å². The molecule has 0 atom stereocenters. The second kappa shape index (κ2) is 6.20. The molecule has 0 aliphatic heterocycles. The molecular formula is C15H17NO3. The third-order valence-corrected chi connectivity index (χ3v) is 2.77. The van der Waals surface area contributed by atoms with Gasteiger partial charge in [0.15, 0.2) is 5.76 Å². The molecule has 1 aromatic heterocycles. The first-order chi connectivity index (χ1) is 9.19. The van der Waals surface area contributed by atoms with Gasteiger partial charge >= 0.3 is 0 Å². The topological polar surface area (TPSA) is 62.5 Å². The molecule has 100 valence electrons. The van der Waals surface area contributed by atoms with Crippen LogP contribution in [0.25, 0.3) is 0 Å². The molecule has 2 aromatic rings. The van der Waals surface area contributed by atoms with E-state index in [-0.39, 0.29) is 12.5 Å². The van der Waals surface area contributed by atoms with Gasteiger partial charge in [-0.05, 0) is 49.6 Å². The molecule has 0 spiro atoms. The molecule has 0 aliphatic rings. The Hall–Kier alpha value is -2.07.